The van der Waals surface area contributed by atoms with E-state index in [0.29, 0.717) is 32.0 Å². The molecule has 0 amide bonds. The van der Waals surface area contributed by atoms with Crippen molar-refractivity contribution >= 4 is 29.9 Å². The van der Waals surface area contributed by atoms with Crippen molar-refractivity contribution in [2.24, 2.45) is 4.99 Å². The first-order valence-electron chi connectivity index (χ1n) is 7.95. The Kier molecular flexibility index (Phi) is 11.1. The van der Waals surface area contributed by atoms with Gasteiger partial charge in [0.15, 0.2) is 5.96 Å². The van der Waals surface area contributed by atoms with Crippen LogP contribution < -0.4 is 5.32 Å². The Hall–Kier alpha value is -0.500. The average Bonchev–Trinajstić information content (AvgIpc) is 2.52. The molecule has 0 aromatic carbocycles. The SMILES string of the molecule is CN=C(NCCCOCC(F)(F)F)N1CCN(C(C)C(F)(F)F)CC1.I. The molecule has 12 heteroatoms. The molecule has 0 spiro atoms. The summed E-state index contributed by atoms with van der Waals surface area (Å²) in [5.41, 5.74) is 0. The number of halogens is 7. The van der Waals surface area contributed by atoms with Crippen LogP contribution in [0.5, 0.6) is 0 Å². The fraction of sp³-hybridized carbons (Fsp3) is 0.929. The van der Waals surface area contributed by atoms with Crippen LogP contribution in [-0.2, 0) is 4.74 Å². The number of nitrogens with zero attached hydrogens (tertiary/aromatic N) is 3. The molecule has 1 fully saturated rings. The van der Waals surface area contributed by atoms with E-state index in [0.717, 1.165) is 6.92 Å². The normalized spacial score (nSPS) is 18.5. The van der Waals surface area contributed by atoms with Crippen LogP contribution in [0.2, 0.25) is 0 Å². The van der Waals surface area contributed by atoms with E-state index >= 15 is 0 Å². The highest BCUT2D eigenvalue weighted by Gasteiger charge is 2.41. The first-order valence-corrected chi connectivity index (χ1v) is 7.95. The minimum atomic E-state index is -4.34. The summed E-state index contributed by atoms with van der Waals surface area (Å²) in [4.78, 5) is 7.26. The summed E-state index contributed by atoms with van der Waals surface area (Å²) >= 11 is 0. The quantitative estimate of drug-likeness (QED) is 0.198. The van der Waals surface area contributed by atoms with Crippen LogP contribution in [0.4, 0.5) is 26.3 Å². The second-order valence-corrected chi connectivity index (χ2v) is 5.74. The van der Waals surface area contributed by atoms with E-state index < -0.39 is 25.0 Å². The van der Waals surface area contributed by atoms with Gasteiger partial charge in [-0.2, -0.15) is 26.3 Å². The van der Waals surface area contributed by atoms with Crippen LogP contribution in [0.15, 0.2) is 4.99 Å². The molecule has 0 radical (unpaired) electrons. The summed E-state index contributed by atoms with van der Waals surface area (Å²) in [5.74, 6) is 0.523. The van der Waals surface area contributed by atoms with Gasteiger partial charge in [0, 0.05) is 46.4 Å². The first kappa shape index (κ1) is 25.5. The van der Waals surface area contributed by atoms with Crippen LogP contribution in [0.1, 0.15) is 13.3 Å². The molecule has 0 bridgehead atoms. The zero-order valence-corrected chi connectivity index (χ0v) is 17.0. The molecular weight excluding hydrogens is 481 g/mol. The number of aliphatic imine (C=N–C) groups is 1. The van der Waals surface area contributed by atoms with Gasteiger partial charge in [0.25, 0.3) is 0 Å². The van der Waals surface area contributed by atoms with Gasteiger partial charge in [-0.3, -0.25) is 9.89 Å². The molecule has 1 heterocycles. The minimum Gasteiger partial charge on any atom is -0.372 e. The predicted molar refractivity (Wildman–Crippen MR) is 96.9 cm³/mol. The predicted octanol–water partition coefficient (Wildman–Crippen LogP) is 2.72. The molecule has 1 rings (SSSR count). The van der Waals surface area contributed by atoms with Gasteiger partial charge >= 0.3 is 12.4 Å². The maximum Gasteiger partial charge on any atom is 0.411 e. The van der Waals surface area contributed by atoms with E-state index in [9.17, 15) is 26.3 Å². The van der Waals surface area contributed by atoms with Crippen molar-refractivity contribution in [3.63, 3.8) is 0 Å². The zero-order valence-electron chi connectivity index (χ0n) is 14.7. The molecule has 0 saturated carbocycles. The molecule has 26 heavy (non-hydrogen) atoms. The van der Waals surface area contributed by atoms with E-state index in [2.05, 4.69) is 15.0 Å². The van der Waals surface area contributed by atoms with Crippen LogP contribution in [-0.4, -0.2) is 87.1 Å². The third-order valence-corrected chi connectivity index (χ3v) is 3.86. The summed E-state index contributed by atoms with van der Waals surface area (Å²) in [6, 6.07) is -1.49. The van der Waals surface area contributed by atoms with Gasteiger partial charge in [-0.1, -0.05) is 0 Å². The number of hydrogen-bond acceptors (Lipinski definition) is 3. The Labute approximate surface area is 166 Å². The monoisotopic (exact) mass is 506 g/mol. The molecule has 1 saturated heterocycles. The summed E-state index contributed by atoms with van der Waals surface area (Å²) in [6.07, 6.45) is -8.23. The molecule has 1 aliphatic rings. The lowest BCUT2D eigenvalue weighted by Crippen LogP contribution is -2.56. The molecule has 1 N–H and O–H groups in total. The number of piperazine rings is 1. The lowest BCUT2D eigenvalue weighted by Gasteiger charge is -2.39. The maximum absolute atomic E-state index is 12.7. The number of alkyl halides is 6. The van der Waals surface area contributed by atoms with Crippen molar-refractivity contribution in [3.05, 3.63) is 0 Å². The molecule has 0 aliphatic carbocycles. The fourth-order valence-corrected chi connectivity index (χ4v) is 2.42. The van der Waals surface area contributed by atoms with E-state index in [1.165, 1.54) is 4.90 Å². The van der Waals surface area contributed by atoms with E-state index in [-0.39, 0.29) is 43.7 Å². The summed E-state index contributed by atoms with van der Waals surface area (Å²) < 4.78 is 78.4. The second kappa shape index (κ2) is 11.4. The fourth-order valence-electron chi connectivity index (χ4n) is 2.42. The third-order valence-electron chi connectivity index (χ3n) is 3.86. The van der Waals surface area contributed by atoms with Gasteiger partial charge < -0.3 is 15.0 Å². The lowest BCUT2D eigenvalue weighted by atomic mass is 10.2. The van der Waals surface area contributed by atoms with Crippen molar-refractivity contribution in [3.8, 4) is 0 Å². The third kappa shape index (κ3) is 9.44. The Bertz CT molecular complexity index is 425. The second-order valence-electron chi connectivity index (χ2n) is 5.74. The number of nitrogens with one attached hydrogen (secondary N) is 1. The summed E-state index contributed by atoms with van der Waals surface area (Å²) in [5, 5.41) is 2.99. The van der Waals surface area contributed by atoms with Crippen molar-refractivity contribution in [2.45, 2.75) is 31.7 Å². The van der Waals surface area contributed by atoms with Gasteiger partial charge in [0.1, 0.15) is 12.6 Å². The largest absolute Gasteiger partial charge is 0.411 e. The lowest BCUT2D eigenvalue weighted by molar-refractivity contribution is -0.181. The van der Waals surface area contributed by atoms with Crippen LogP contribution in [0.25, 0.3) is 0 Å². The topological polar surface area (TPSA) is 40.1 Å². The molecular formula is C14H25F6IN4O. The van der Waals surface area contributed by atoms with Gasteiger partial charge in [0.2, 0.25) is 0 Å². The van der Waals surface area contributed by atoms with Gasteiger partial charge in [0.05, 0.1) is 0 Å². The minimum absolute atomic E-state index is 0. The van der Waals surface area contributed by atoms with Gasteiger partial charge in [-0.25, -0.2) is 0 Å². The molecule has 5 nitrogen and oxygen atoms in total. The summed E-state index contributed by atoms with van der Waals surface area (Å²) in [6.45, 7) is 1.50. The van der Waals surface area contributed by atoms with E-state index in [4.69, 9.17) is 0 Å². The molecule has 1 aliphatic heterocycles. The summed E-state index contributed by atoms with van der Waals surface area (Å²) in [7, 11) is 1.55. The Morgan fingerprint density at radius 3 is 2.15 bits per heavy atom. The Morgan fingerprint density at radius 2 is 1.69 bits per heavy atom. The molecule has 156 valence electrons. The van der Waals surface area contributed by atoms with Crippen LogP contribution in [0, 0.1) is 0 Å². The van der Waals surface area contributed by atoms with Crippen molar-refractivity contribution in [1.29, 1.82) is 0 Å². The number of rotatable bonds is 6. The van der Waals surface area contributed by atoms with Crippen molar-refractivity contribution in [2.75, 3.05) is 53.0 Å². The smallest absolute Gasteiger partial charge is 0.372 e. The highest BCUT2D eigenvalue weighted by atomic mass is 127. The van der Waals surface area contributed by atoms with Crippen LogP contribution >= 0.6 is 24.0 Å². The number of hydrogen-bond donors (Lipinski definition) is 1. The van der Waals surface area contributed by atoms with Gasteiger partial charge in [-0.15, -0.1) is 24.0 Å². The van der Waals surface area contributed by atoms with E-state index in [1.807, 2.05) is 4.90 Å². The average molecular weight is 506 g/mol. The molecule has 0 aromatic rings. The molecule has 1 atom stereocenters. The van der Waals surface area contributed by atoms with E-state index in [1.54, 1.807) is 7.05 Å². The first-order chi connectivity index (χ1) is 11.5. The molecule has 1 unspecified atom stereocenters. The highest BCUT2D eigenvalue weighted by Crippen LogP contribution is 2.25. The maximum atomic E-state index is 12.7. The number of ether oxygens (including phenoxy) is 1. The Balaban J connectivity index is 0.00000625. The molecule has 0 aromatic heterocycles. The van der Waals surface area contributed by atoms with Crippen molar-refractivity contribution < 1.29 is 31.1 Å². The van der Waals surface area contributed by atoms with Gasteiger partial charge in [-0.05, 0) is 13.3 Å². The zero-order chi connectivity index (χ0) is 19.1. The standard InChI is InChI=1S/C14H24F6N4O.HI/c1-11(14(18,19)20)23-5-7-24(8-6-23)12(21-2)22-4-3-9-25-10-13(15,16)17;/h11H,3-10H2,1-2H3,(H,21,22);1H. The highest BCUT2D eigenvalue weighted by molar-refractivity contribution is 14.0. The number of guanidine groups is 1. The Morgan fingerprint density at radius 1 is 1.12 bits per heavy atom. The van der Waals surface area contributed by atoms with Crippen LogP contribution in [0.3, 0.4) is 0 Å². The van der Waals surface area contributed by atoms with Crippen molar-refractivity contribution in [1.82, 2.24) is 15.1 Å².